The Labute approximate surface area is 172 Å². The highest BCUT2D eigenvalue weighted by atomic mass is 35.5. The summed E-state index contributed by atoms with van der Waals surface area (Å²) in [7, 11) is 0. The third-order valence-electron chi connectivity index (χ3n) is 4.25. The van der Waals surface area contributed by atoms with Crippen molar-refractivity contribution in [3.05, 3.63) is 75.4 Å². The van der Waals surface area contributed by atoms with E-state index in [1.807, 2.05) is 13.0 Å². The van der Waals surface area contributed by atoms with E-state index in [2.05, 4.69) is 10.3 Å². The Hall–Kier alpha value is -2.89. The minimum absolute atomic E-state index is 0.196. The predicted molar refractivity (Wildman–Crippen MR) is 114 cm³/mol. The van der Waals surface area contributed by atoms with Gasteiger partial charge in [0.2, 0.25) is 5.91 Å². The van der Waals surface area contributed by atoms with Crippen LogP contribution in [0.2, 0.25) is 10.0 Å². The van der Waals surface area contributed by atoms with Crippen molar-refractivity contribution in [2.45, 2.75) is 13.3 Å². The second kappa shape index (κ2) is 8.42. The van der Waals surface area contributed by atoms with Gasteiger partial charge in [0.25, 0.3) is 5.91 Å². The van der Waals surface area contributed by atoms with Gasteiger partial charge >= 0.3 is 0 Å². The van der Waals surface area contributed by atoms with E-state index in [1.54, 1.807) is 42.6 Å². The highest BCUT2D eigenvalue weighted by Gasteiger charge is 2.17. The van der Waals surface area contributed by atoms with Crippen LogP contribution in [0.25, 0.3) is 17.0 Å². The lowest BCUT2D eigenvalue weighted by atomic mass is 10.0. The number of hydrogen-bond donors (Lipinski definition) is 2. The SMILES string of the molecule is CCc1cnc2c(NC(=O)c3c(Cl)cccc3Cl)cccc2c1C=CC(N)=O. The van der Waals surface area contributed by atoms with Gasteiger partial charge in [-0.3, -0.25) is 14.6 Å². The number of benzene rings is 2. The molecule has 0 bridgehead atoms. The lowest BCUT2D eigenvalue weighted by molar-refractivity contribution is -0.113. The first-order chi connectivity index (χ1) is 13.4. The smallest absolute Gasteiger partial charge is 0.258 e. The molecule has 2 amide bonds. The van der Waals surface area contributed by atoms with Crippen molar-refractivity contribution in [1.82, 2.24) is 4.98 Å². The molecule has 0 saturated heterocycles. The minimum atomic E-state index is -0.537. The molecule has 1 heterocycles. The third kappa shape index (κ3) is 4.01. The molecule has 2 aromatic carbocycles. The standard InChI is InChI=1S/C21H17Cl2N3O2/c1-2-12-11-25-20-14(13(12)9-10-18(24)27)5-3-8-17(20)26-21(28)19-15(22)6-4-7-16(19)23/h3-11H,2H2,1H3,(H2,24,27)(H,26,28). The minimum Gasteiger partial charge on any atom is -0.366 e. The van der Waals surface area contributed by atoms with Crippen molar-refractivity contribution in [2.24, 2.45) is 5.73 Å². The highest BCUT2D eigenvalue weighted by molar-refractivity contribution is 6.40. The van der Waals surface area contributed by atoms with E-state index in [0.717, 1.165) is 22.9 Å². The zero-order valence-electron chi connectivity index (χ0n) is 15.0. The fourth-order valence-electron chi connectivity index (χ4n) is 2.93. The number of hydrogen-bond acceptors (Lipinski definition) is 3. The molecule has 0 aliphatic heterocycles. The number of nitrogens with one attached hydrogen (secondary N) is 1. The van der Waals surface area contributed by atoms with Gasteiger partial charge in [-0.2, -0.15) is 0 Å². The first kappa shape index (κ1) is 19.9. The van der Waals surface area contributed by atoms with Crippen molar-refractivity contribution in [1.29, 1.82) is 0 Å². The Balaban J connectivity index is 2.09. The first-order valence-corrected chi connectivity index (χ1v) is 9.31. The van der Waals surface area contributed by atoms with E-state index in [0.29, 0.717) is 11.2 Å². The second-order valence-electron chi connectivity index (χ2n) is 6.04. The summed E-state index contributed by atoms with van der Waals surface area (Å²) in [5.74, 6) is -0.969. The summed E-state index contributed by atoms with van der Waals surface area (Å²) in [5.41, 5.74) is 8.32. The maximum atomic E-state index is 12.7. The average Bonchev–Trinajstić information content (AvgIpc) is 2.66. The van der Waals surface area contributed by atoms with Crippen molar-refractivity contribution in [2.75, 3.05) is 5.32 Å². The van der Waals surface area contributed by atoms with Gasteiger partial charge in [0, 0.05) is 17.7 Å². The number of anilines is 1. The van der Waals surface area contributed by atoms with Gasteiger partial charge in [-0.1, -0.05) is 48.3 Å². The fraction of sp³-hybridized carbons (Fsp3) is 0.0952. The maximum Gasteiger partial charge on any atom is 0.258 e. The van der Waals surface area contributed by atoms with Crippen molar-refractivity contribution in [3.8, 4) is 0 Å². The molecule has 7 heteroatoms. The van der Waals surface area contributed by atoms with E-state index < -0.39 is 11.8 Å². The number of nitrogens with zero attached hydrogens (tertiary/aromatic N) is 1. The van der Waals surface area contributed by atoms with Crippen LogP contribution >= 0.6 is 23.2 Å². The Morgan fingerprint density at radius 2 is 1.82 bits per heavy atom. The second-order valence-corrected chi connectivity index (χ2v) is 6.85. The van der Waals surface area contributed by atoms with Gasteiger partial charge < -0.3 is 11.1 Å². The van der Waals surface area contributed by atoms with Crippen LogP contribution in [0.5, 0.6) is 0 Å². The lowest BCUT2D eigenvalue weighted by Gasteiger charge is -2.13. The molecule has 0 atom stereocenters. The van der Waals surface area contributed by atoms with Crippen LogP contribution in [0.1, 0.15) is 28.4 Å². The number of carbonyl (C=O) groups is 2. The number of rotatable bonds is 5. The Morgan fingerprint density at radius 1 is 1.14 bits per heavy atom. The van der Waals surface area contributed by atoms with Gasteiger partial charge in [0.15, 0.2) is 0 Å². The fourth-order valence-corrected chi connectivity index (χ4v) is 3.50. The molecule has 0 radical (unpaired) electrons. The Bertz CT molecular complexity index is 1090. The molecule has 0 aliphatic carbocycles. The number of amides is 2. The number of fused-ring (bicyclic) bond motifs is 1. The largest absolute Gasteiger partial charge is 0.366 e. The Kier molecular flexibility index (Phi) is 5.97. The topological polar surface area (TPSA) is 85.1 Å². The molecule has 0 spiro atoms. The zero-order valence-corrected chi connectivity index (χ0v) is 16.5. The molecule has 0 fully saturated rings. The predicted octanol–water partition coefficient (Wildman–Crippen LogP) is 4.85. The van der Waals surface area contributed by atoms with E-state index in [1.165, 1.54) is 6.08 Å². The van der Waals surface area contributed by atoms with Crippen LogP contribution in [0, 0.1) is 0 Å². The number of pyridine rings is 1. The van der Waals surface area contributed by atoms with Crippen LogP contribution in [0.15, 0.2) is 48.7 Å². The molecule has 1 aromatic heterocycles. The van der Waals surface area contributed by atoms with Crippen LogP contribution < -0.4 is 11.1 Å². The molecule has 0 aliphatic rings. The molecular formula is C21H17Cl2N3O2. The lowest BCUT2D eigenvalue weighted by Crippen LogP contribution is -2.14. The van der Waals surface area contributed by atoms with Gasteiger partial charge in [-0.15, -0.1) is 0 Å². The van der Waals surface area contributed by atoms with E-state index >= 15 is 0 Å². The molecule has 3 N–H and O–H groups in total. The molecular weight excluding hydrogens is 397 g/mol. The summed E-state index contributed by atoms with van der Waals surface area (Å²) in [4.78, 5) is 28.4. The zero-order chi connectivity index (χ0) is 20.3. The monoisotopic (exact) mass is 413 g/mol. The summed E-state index contributed by atoms with van der Waals surface area (Å²) in [5, 5.41) is 4.14. The molecule has 0 unspecified atom stereocenters. The number of aromatic nitrogens is 1. The number of para-hydroxylation sites is 1. The van der Waals surface area contributed by atoms with Crippen molar-refractivity contribution < 1.29 is 9.59 Å². The first-order valence-electron chi connectivity index (χ1n) is 8.55. The highest BCUT2D eigenvalue weighted by Crippen LogP contribution is 2.30. The summed E-state index contributed by atoms with van der Waals surface area (Å²) in [6.45, 7) is 2.00. The molecule has 5 nitrogen and oxygen atoms in total. The number of aryl methyl sites for hydroxylation is 1. The van der Waals surface area contributed by atoms with Crippen LogP contribution in [-0.4, -0.2) is 16.8 Å². The molecule has 3 rings (SSSR count). The molecule has 3 aromatic rings. The number of nitrogens with two attached hydrogens (primary N) is 1. The van der Waals surface area contributed by atoms with Crippen molar-refractivity contribution >= 4 is 57.7 Å². The number of halogens is 2. The summed E-state index contributed by atoms with van der Waals surface area (Å²) >= 11 is 12.3. The van der Waals surface area contributed by atoms with Gasteiger partial charge in [0.1, 0.15) is 0 Å². The Morgan fingerprint density at radius 3 is 2.46 bits per heavy atom. The summed E-state index contributed by atoms with van der Waals surface area (Å²) in [6.07, 6.45) is 5.43. The maximum absolute atomic E-state index is 12.7. The van der Waals surface area contributed by atoms with Crippen LogP contribution in [-0.2, 0) is 11.2 Å². The van der Waals surface area contributed by atoms with Crippen LogP contribution in [0.3, 0.4) is 0 Å². The summed E-state index contributed by atoms with van der Waals surface area (Å²) < 4.78 is 0. The van der Waals surface area contributed by atoms with E-state index in [9.17, 15) is 9.59 Å². The quantitative estimate of drug-likeness (QED) is 0.585. The number of carbonyl (C=O) groups excluding carboxylic acids is 2. The molecule has 142 valence electrons. The van der Waals surface area contributed by atoms with Crippen LogP contribution in [0.4, 0.5) is 5.69 Å². The van der Waals surface area contributed by atoms with Gasteiger partial charge in [-0.25, -0.2) is 0 Å². The van der Waals surface area contributed by atoms with E-state index in [-0.39, 0.29) is 15.6 Å². The summed E-state index contributed by atoms with van der Waals surface area (Å²) in [6, 6.07) is 10.3. The molecule has 0 saturated carbocycles. The normalized spacial score (nSPS) is 11.1. The van der Waals surface area contributed by atoms with Gasteiger partial charge in [0.05, 0.1) is 26.8 Å². The molecule has 28 heavy (non-hydrogen) atoms. The van der Waals surface area contributed by atoms with E-state index in [4.69, 9.17) is 28.9 Å². The van der Waals surface area contributed by atoms with Gasteiger partial charge in [-0.05, 0) is 41.8 Å². The number of primary amides is 1. The third-order valence-corrected chi connectivity index (χ3v) is 4.88. The van der Waals surface area contributed by atoms with Crippen molar-refractivity contribution in [3.63, 3.8) is 0 Å². The average molecular weight is 414 g/mol.